The molecule has 0 aliphatic carbocycles. The van der Waals surface area contributed by atoms with Crippen molar-refractivity contribution in [2.75, 3.05) is 0 Å². The van der Waals surface area contributed by atoms with Gasteiger partial charge in [0.15, 0.2) is 0 Å². The molecule has 0 atom stereocenters. The van der Waals surface area contributed by atoms with Gasteiger partial charge in [-0.25, -0.2) is 0 Å². The molecule has 0 heterocycles. The van der Waals surface area contributed by atoms with Crippen LogP contribution >= 0.6 is 0 Å². The number of carbonyl (C=O) groups excluding carboxylic acids is 1. The molecule has 1 nitrogen and oxygen atoms in total. The molecule has 0 saturated carbocycles. The molecule has 0 bridgehead atoms. The van der Waals surface area contributed by atoms with Gasteiger partial charge in [0.05, 0.1) is 0 Å². The lowest BCUT2D eigenvalue weighted by Crippen LogP contribution is -1.62. The van der Waals surface area contributed by atoms with Crippen LogP contribution in [0, 0.1) is 0 Å². The van der Waals surface area contributed by atoms with Gasteiger partial charge in [0.1, 0.15) is 6.29 Å². The van der Waals surface area contributed by atoms with Crippen molar-refractivity contribution in [3.63, 3.8) is 0 Å². The maximum Gasteiger partial charge on any atom is 0.142 e. The van der Waals surface area contributed by atoms with Gasteiger partial charge in [-0.15, -0.1) is 0 Å². The van der Waals surface area contributed by atoms with Crippen LogP contribution in [0.1, 0.15) is 26.2 Å². The third-order valence-corrected chi connectivity index (χ3v) is 1.33. The van der Waals surface area contributed by atoms with E-state index in [2.05, 4.69) is 19.1 Å². The Labute approximate surface area is 74.5 Å². The Balaban J connectivity index is 3.35. The molecule has 0 amide bonds. The topological polar surface area (TPSA) is 17.1 Å². The zero-order valence-electron chi connectivity index (χ0n) is 7.57. The largest absolute Gasteiger partial charge is 0.299 e. The second-order valence-electron chi connectivity index (χ2n) is 2.44. The Kier molecular flexibility index (Phi) is 8.98. The molecule has 0 aromatic carbocycles. The summed E-state index contributed by atoms with van der Waals surface area (Å²) in [7, 11) is 0. The van der Waals surface area contributed by atoms with Crippen LogP contribution in [0.4, 0.5) is 0 Å². The summed E-state index contributed by atoms with van der Waals surface area (Å²) < 4.78 is 0. The van der Waals surface area contributed by atoms with Crippen molar-refractivity contribution in [2.45, 2.75) is 26.2 Å². The van der Waals surface area contributed by atoms with Crippen LogP contribution in [0.15, 0.2) is 36.5 Å². The highest BCUT2D eigenvalue weighted by atomic mass is 16.1. The summed E-state index contributed by atoms with van der Waals surface area (Å²) >= 11 is 0. The second-order valence-corrected chi connectivity index (χ2v) is 2.44. The predicted molar refractivity (Wildman–Crippen MR) is 53.0 cm³/mol. The van der Waals surface area contributed by atoms with Crippen LogP contribution in [-0.4, -0.2) is 6.29 Å². The molecule has 66 valence electrons. The SMILES string of the molecule is CCCC=CCC=CC=CC=O. The Morgan fingerprint density at radius 3 is 2.50 bits per heavy atom. The fourth-order valence-corrected chi connectivity index (χ4v) is 0.726. The number of hydrogen-bond acceptors (Lipinski definition) is 1. The highest BCUT2D eigenvalue weighted by Crippen LogP contribution is 1.92. The van der Waals surface area contributed by atoms with Gasteiger partial charge in [-0.3, -0.25) is 4.79 Å². The van der Waals surface area contributed by atoms with E-state index in [0.29, 0.717) is 0 Å². The molecule has 12 heavy (non-hydrogen) atoms. The van der Waals surface area contributed by atoms with Crippen LogP contribution in [0.3, 0.4) is 0 Å². The highest BCUT2D eigenvalue weighted by Gasteiger charge is 1.71. The number of hydrogen-bond donors (Lipinski definition) is 0. The van der Waals surface area contributed by atoms with Gasteiger partial charge in [0, 0.05) is 0 Å². The van der Waals surface area contributed by atoms with E-state index in [0.717, 1.165) is 19.1 Å². The van der Waals surface area contributed by atoms with E-state index in [4.69, 9.17) is 0 Å². The Hall–Kier alpha value is -1.11. The minimum atomic E-state index is 0.775. The smallest absolute Gasteiger partial charge is 0.142 e. The summed E-state index contributed by atoms with van der Waals surface area (Å²) in [6.07, 6.45) is 15.5. The van der Waals surface area contributed by atoms with Gasteiger partial charge < -0.3 is 0 Å². The molecule has 0 unspecified atom stereocenters. The van der Waals surface area contributed by atoms with E-state index in [1.807, 2.05) is 12.2 Å². The van der Waals surface area contributed by atoms with Gasteiger partial charge in [0.2, 0.25) is 0 Å². The Bertz CT molecular complexity index is 175. The van der Waals surface area contributed by atoms with E-state index in [9.17, 15) is 4.79 Å². The zero-order chi connectivity index (χ0) is 9.07. The molecule has 0 aliphatic rings. The van der Waals surface area contributed by atoms with Crippen LogP contribution in [0.5, 0.6) is 0 Å². The summed E-state index contributed by atoms with van der Waals surface area (Å²) in [6.45, 7) is 2.16. The second kappa shape index (κ2) is 9.89. The van der Waals surface area contributed by atoms with Crippen LogP contribution < -0.4 is 0 Å². The number of rotatable bonds is 6. The molecular formula is C11H16O. The van der Waals surface area contributed by atoms with Gasteiger partial charge in [-0.2, -0.15) is 0 Å². The summed E-state index contributed by atoms with van der Waals surface area (Å²) in [5, 5.41) is 0. The molecule has 0 saturated heterocycles. The molecule has 0 fully saturated rings. The predicted octanol–water partition coefficient (Wildman–Crippen LogP) is 3.04. The van der Waals surface area contributed by atoms with E-state index >= 15 is 0 Å². The van der Waals surface area contributed by atoms with E-state index in [1.165, 1.54) is 12.5 Å². The summed E-state index contributed by atoms with van der Waals surface area (Å²) in [6, 6.07) is 0. The highest BCUT2D eigenvalue weighted by molar-refractivity contribution is 5.65. The first-order valence-electron chi connectivity index (χ1n) is 4.33. The van der Waals surface area contributed by atoms with Crippen molar-refractivity contribution >= 4 is 6.29 Å². The monoisotopic (exact) mass is 164 g/mol. The van der Waals surface area contributed by atoms with Crippen molar-refractivity contribution in [3.05, 3.63) is 36.5 Å². The van der Waals surface area contributed by atoms with Gasteiger partial charge >= 0.3 is 0 Å². The first-order chi connectivity index (χ1) is 5.91. The Morgan fingerprint density at radius 2 is 1.83 bits per heavy atom. The molecule has 0 aliphatic heterocycles. The molecule has 0 N–H and O–H groups in total. The van der Waals surface area contributed by atoms with Gasteiger partial charge in [0.25, 0.3) is 0 Å². The lowest BCUT2D eigenvalue weighted by Gasteiger charge is -1.82. The Morgan fingerprint density at radius 1 is 1.00 bits per heavy atom. The molecule has 0 aromatic heterocycles. The normalized spacial score (nSPS) is 12.1. The fraction of sp³-hybridized carbons (Fsp3) is 0.364. The van der Waals surface area contributed by atoms with E-state index in [-0.39, 0.29) is 0 Å². The zero-order valence-corrected chi connectivity index (χ0v) is 7.57. The summed E-state index contributed by atoms with van der Waals surface area (Å²) in [5.41, 5.74) is 0. The third kappa shape index (κ3) is 8.89. The standard InChI is InChI=1S/C11H16O/c1-2-3-4-5-6-7-8-9-10-11-12/h4-5,7-11H,2-3,6H2,1H3. The summed E-state index contributed by atoms with van der Waals surface area (Å²) in [5.74, 6) is 0. The maximum absolute atomic E-state index is 9.84. The number of unbranched alkanes of at least 4 members (excludes halogenated alkanes) is 1. The van der Waals surface area contributed by atoms with E-state index < -0.39 is 0 Å². The molecule has 0 rings (SSSR count). The minimum absolute atomic E-state index is 0.775. The first kappa shape index (κ1) is 10.9. The number of carbonyl (C=O) groups is 1. The third-order valence-electron chi connectivity index (χ3n) is 1.33. The van der Waals surface area contributed by atoms with Crippen molar-refractivity contribution in [1.29, 1.82) is 0 Å². The molecular weight excluding hydrogens is 148 g/mol. The average molecular weight is 164 g/mol. The maximum atomic E-state index is 9.84. The lowest BCUT2D eigenvalue weighted by atomic mass is 10.2. The average Bonchev–Trinajstić information content (AvgIpc) is 2.10. The molecule has 1 heteroatoms. The molecule has 0 spiro atoms. The van der Waals surface area contributed by atoms with Crippen molar-refractivity contribution < 1.29 is 4.79 Å². The van der Waals surface area contributed by atoms with Gasteiger partial charge in [-0.1, -0.05) is 43.7 Å². The minimum Gasteiger partial charge on any atom is -0.299 e. The van der Waals surface area contributed by atoms with E-state index in [1.54, 1.807) is 6.08 Å². The van der Waals surface area contributed by atoms with Crippen molar-refractivity contribution in [1.82, 2.24) is 0 Å². The van der Waals surface area contributed by atoms with Crippen LogP contribution in [0.25, 0.3) is 0 Å². The van der Waals surface area contributed by atoms with Crippen LogP contribution in [-0.2, 0) is 4.79 Å². The first-order valence-corrected chi connectivity index (χ1v) is 4.33. The lowest BCUT2D eigenvalue weighted by molar-refractivity contribution is -0.104. The summed E-state index contributed by atoms with van der Waals surface area (Å²) in [4.78, 5) is 9.84. The molecule has 0 aromatic rings. The van der Waals surface area contributed by atoms with Crippen molar-refractivity contribution in [3.8, 4) is 0 Å². The number of allylic oxidation sites excluding steroid dienone is 6. The van der Waals surface area contributed by atoms with Gasteiger partial charge in [-0.05, 0) is 18.9 Å². The fourth-order valence-electron chi connectivity index (χ4n) is 0.726. The van der Waals surface area contributed by atoms with Crippen LogP contribution in [0.2, 0.25) is 0 Å². The number of aldehydes is 1. The molecule has 0 radical (unpaired) electrons. The van der Waals surface area contributed by atoms with Crippen molar-refractivity contribution in [2.24, 2.45) is 0 Å². The quantitative estimate of drug-likeness (QED) is 0.255.